The standard InChI is InChI=1S/C16H15ClN2O4/c1-8(18-15(20)10-2-3-10)14-12(16(21)22)13(19-23-14)9-4-6-11(17)7-5-9/h4-8,10H,2-3H2,1H3,(H,18,20)(H,21,22)/t8-/m1/s1. The second-order valence-corrected chi connectivity index (χ2v) is 6.02. The van der Waals surface area contributed by atoms with E-state index in [0.29, 0.717) is 10.6 Å². The van der Waals surface area contributed by atoms with E-state index in [4.69, 9.17) is 16.1 Å². The van der Waals surface area contributed by atoms with Crippen LogP contribution in [0, 0.1) is 5.92 Å². The first kappa shape index (κ1) is 15.6. The van der Waals surface area contributed by atoms with Gasteiger partial charge in [0.05, 0.1) is 6.04 Å². The molecule has 7 heteroatoms. The fourth-order valence-electron chi connectivity index (χ4n) is 2.35. The van der Waals surface area contributed by atoms with Gasteiger partial charge in [0.2, 0.25) is 5.91 Å². The molecule has 120 valence electrons. The minimum absolute atomic E-state index is 0.0318. The lowest BCUT2D eigenvalue weighted by Gasteiger charge is -2.11. The zero-order chi connectivity index (χ0) is 16.6. The van der Waals surface area contributed by atoms with Crippen molar-refractivity contribution in [3.8, 4) is 11.3 Å². The van der Waals surface area contributed by atoms with E-state index in [1.165, 1.54) is 0 Å². The molecule has 0 spiro atoms. The third kappa shape index (κ3) is 3.22. The minimum Gasteiger partial charge on any atom is -0.477 e. The fourth-order valence-corrected chi connectivity index (χ4v) is 2.48. The van der Waals surface area contributed by atoms with Gasteiger partial charge in [-0.2, -0.15) is 0 Å². The van der Waals surface area contributed by atoms with Crippen LogP contribution in [-0.4, -0.2) is 22.1 Å². The van der Waals surface area contributed by atoms with E-state index in [-0.39, 0.29) is 28.8 Å². The molecule has 2 aromatic rings. The van der Waals surface area contributed by atoms with Gasteiger partial charge in [0.25, 0.3) is 0 Å². The van der Waals surface area contributed by atoms with Gasteiger partial charge < -0.3 is 14.9 Å². The first-order chi connectivity index (χ1) is 11.0. The van der Waals surface area contributed by atoms with Gasteiger partial charge in [0.1, 0.15) is 11.3 Å². The lowest BCUT2D eigenvalue weighted by Crippen LogP contribution is -2.28. The molecule has 1 aromatic heterocycles. The molecule has 0 saturated heterocycles. The van der Waals surface area contributed by atoms with E-state index in [0.717, 1.165) is 12.8 Å². The summed E-state index contributed by atoms with van der Waals surface area (Å²) < 4.78 is 5.23. The van der Waals surface area contributed by atoms with E-state index >= 15 is 0 Å². The molecule has 3 rings (SSSR count). The molecule has 1 aliphatic rings. The Balaban J connectivity index is 1.93. The number of carboxylic acids is 1. The van der Waals surface area contributed by atoms with Crippen LogP contribution in [0.2, 0.25) is 5.02 Å². The smallest absolute Gasteiger partial charge is 0.341 e. The highest BCUT2D eigenvalue weighted by Gasteiger charge is 2.33. The Morgan fingerprint density at radius 3 is 2.57 bits per heavy atom. The van der Waals surface area contributed by atoms with E-state index in [9.17, 15) is 14.7 Å². The first-order valence-corrected chi connectivity index (χ1v) is 7.64. The number of benzene rings is 1. The van der Waals surface area contributed by atoms with Crippen LogP contribution in [-0.2, 0) is 4.79 Å². The van der Waals surface area contributed by atoms with Gasteiger partial charge in [-0.15, -0.1) is 0 Å². The quantitative estimate of drug-likeness (QED) is 0.875. The SMILES string of the molecule is C[C@@H](NC(=O)C1CC1)c1onc(-c2ccc(Cl)cc2)c1C(=O)O. The number of carbonyl (C=O) groups excluding carboxylic acids is 1. The number of carbonyl (C=O) groups is 2. The third-order valence-corrected chi connectivity index (χ3v) is 4.00. The summed E-state index contributed by atoms with van der Waals surface area (Å²) in [6.45, 7) is 1.68. The molecule has 1 saturated carbocycles. The largest absolute Gasteiger partial charge is 0.477 e. The second kappa shape index (κ2) is 6.04. The molecule has 0 aliphatic heterocycles. The van der Waals surface area contributed by atoms with Crippen LogP contribution < -0.4 is 5.32 Å². The lowest BCUT2D eigenvalue weighted by molar-refractivity contribution is -0.123. The number of hydrogen-bond acceptors (Lipinski definition) is 4. The molecule has 0 radical (unpaired) electrons. The van der Waals surface area contributed by atoms with Gasteiger partial charge in [-0.1, -0.05) is 28.9 Å². The fraction of sp³-hybridized carbons (Fsp3) is 0.312. The number of carboxylic acid groups (broad SMARTS) is 1. The highest BCUT2D eigenvalue weighted by molar-refractivity contribution is 6.30. The number of nitrogens with zero attached hydrogens (tertiary/aromatic N) is 1. The zero-order valence-electron chi connectivity index (χ0n) is 12.4. The van der Waals surface area contributed by atoms with Crippen LogP contribution in [0.1, 0.15) is 41.9 Å². The summed E-state index contributed by atoms with van der Waals surface area (Å²) in [4.78, 5) is 23.5. The van der Waals surface area contributed by atoms with Crippen molar-refractivity contribution in [2.75, 3.05) is 0 Å². The molecule has 6 nitrogen and oxygen atoms in total. The molecular weight excluding hydrogens is 320 g/mol. The van der Waals surface area contributed by atoms with Crippen molar-refractivity contribution in [3.05, 3.63) is 40.6 Å². The Morgan fingerprint density at radius 1 is 1.35 bits per heavy atom. The lowest BCUT2D eigenvalue weighted by atomic mass is 10.0. The second-order valence-electron chi connectivity index (χ2n) is 5.59. The molecule has 1 aromatic carbocycles. The van der Waals surface area contributed by atoms with E-state index in [1.807, 2.05) is 0 Å². The summed E-state index contributed by atoms with van der Waals surface area (Å²) in [6.07, 6.45) is 1.74. The minimum atomic E-state index is -1.15. The zero-order valence-corrected chi connectivity index (χ0v) is 13.1. The highest BCUT2D eigenvalue weighted by atomic mass is 35.5. The van der Waals surface area contributed by atoms with Crippen LogP contribution in [0.4, 0.5) is 0 Å². The normalized spacial score (nSPS) is 15.2. The molecule has 23 heavy (non-hydrogen) atoms. The average Bonchev–Trinajstić information content (AvgIpc) is 3.26. The van der Waals surface area contributed by atoms with Crippen molar-refractivity contribution in [2.45, 2.75) is 25.8 Å². The summed E-state index contributed by atoms with van der Waals surface area (Å²) in [6, 6.07) is 6.07. The summed E-state index contributed by atoms with van der Waals surface area (Å²) >= 11 is 5.84. The maximum Gasteiger partial charge on any atom is 0.341 e. The molecule has 1 aliphatic carbocycles. The van der Waals surface area contributed by atoms with Crippen molar-refractivity contribution < 1.29 is 19.2 Å². The molecule has 1 atom stereocenters. The Hall–Kier alpha value is -2.34. The molecule has 1 heterocycles. The maximum atomic E-state index is 11.8. The Kier molecular flexibility index (Phi) is 4.09. The van der Waals surface area contributed by atoms with Crippen LogP contribution in [0.25, 0.3) is 11.3 Å². The van der Waals surface area contributed by atoms with Gasteiger partial charge in [0.15, 0.2) is 5.76 Å². The predicted octanol–water partition coefficient (Wildman–Crippen LogP) is 3.28. The van der Waals surface area contributed by atoms with Crippen LogP contribution >= 0.6 is 11.6 Å². The number of aromatic nitrogens is 1. The highest BCUT2D eigenvalue weighted by Crippen LogP contribution is 2.32. The average molecular weight is 335 g/mol. The van der Waals surface area contributed by atoms with Crippen molar-refractivity contribution in [2.24, 2.45) is 5.92 Å². The van der Waals surface area contributed by atoms with Crippen LogP contribution in [0.15, 0.2) is 28.8 Å². The van der Waals surface area contributed by atoms with E-state index in [1.54, 1.807) is 31.2 Å². The molecule has 1 amide bonds. The Bertz CT molecular complexity index is 750. The third-order valence-electron chi connectivity index (χ3n) is 3.75. The number of aromatic carboxylic acids is 1. The summed E-state index contributed by atoms with van der Waals surface area (Å²) in [5.74, 6) is -1.07. The Labute approximate surface area is 137 Å². The van der Waals surface area contributed by atoms with Crippen LogP contribution in [0.5, 0.6) is 0 Å². The first-order valence-electron chi connectivity index (χ1n) is 7.26. The molecule has 1 fully saturated rings. The number of rotatable bonds is 5. The number of halogens is 1. The number of nitrogens with one attached hydrogen (secondary N) is 1. The van der Waals surface area contributed by atoms with Crippen molar-refractivity contribution >= 4 is 23.5 Å². The molecule has 2 N–H and O–H groups in total. The predicted molar refractivity (Wildman–Crippen MR) is 83.2 cm³/mol. The van der Waals surface area contributed by atoms with Crippen LogP contribution in [0.3, 0.4) is 0 Å². The van der Waals surface area contributed by atoms with Gasteiger partial charge in [0, 0.05) is 16.5 Å². The van der Waals surface area contributed by atoms with E-state index in [2.05, 4.69) is 10.5 Å². The summed E-state index contributed by atoms with van der Waals surface area (Å²) in [5, 5.41) is 16.7. The van der Waals surface area contributed by atoms with Gasteiger partial charge in [-0.25, -0.2) is 4.79 Å². The van der Waals surface area contributed by atoms with Crippen molar-refractivity contribution in [3.63, 3.8) is 0 Å². The molecule has 0 unspecified atom stereocenters. The Morgan fingerprint density at radius 2 is 2.00 bits per heavy atom. The van der Waals surface area contributed by atoms with Gasteiger partial charge in [-0.3, -0.25) is 4.79 Å². The number of hydrogen-bond donors (Lipinski definition) is 2. The molecule has 0 bridgehead atoms. The van der Waals surface area contributed by atoms with Crippen molar-refractivity contribution in [1.29, 1.82) is 0 Å². The van der Waals surface area contributed by atoms with Crippen molar-refractivity contribution in [1.82, 2.24) is 10.5 Å². The summed E-state index contributed by atoms with van der Waals surface area (Å²) in [5.41, 5.74) is 0.759. The number of amides is 1. The van der Waals surface area contributed by atoms with Gasteiger partial charge >= 0.3 is 5.97 Å². The monoisotopic (exact) mass is 334 g/mol. The van der Waals surface area contributed by atoms with E-state index < -0.39 is 12.0 Å². The summed E-state index contributed by atoms with van der Waals surface area (Å²) in [7, 11) is 0. The molecular formula is C16H15ClN2O4. The van der Waals surface area contributed by atoms with Gasteiger partial charge in [-0.05, 0) is 31.9 Å². The maximum absolute atomic E-state index is 11.8. The topological polar surface area (TPSA) is 92.4 Å².